The van der Waals surface area contributed by atoms with Gasteiger partial charge in [-0.15, -0.1) is 0 Å². The van der Waals surface area contributed by atoms with Crippen molar-refractivity contribution in [1.29, 1.82) is 0 Å². The lowest BCUT2D eigenvalue weighted by Gasteiger charge is -2.19. The third-order valence-electron chi connectivity index (χ3n) is 3.57. The molecule has 0 spiro atoms. The van der Waals surface area contributed by atoms with E-state index in [-0.39, 0.29) is 17.9 Å². The number of carboxylic acids is 1. The van der Waals surface area contributed by atoms with Crippen molar-refractivity contribution in [2.45, 2.75) is 32.2 Å². The van der Waals surface area contributed by atoms with Gasteiger partial charge in [-0.25, -0.2) is 0 Å². The van der Waals surface area contributed by atoms with Crippen LogP contribution in [0.5, 0.6) is 0 Å². The number of hydrogen-bond acceptors (Lipinski definition) is 3. The van der Waals surface area contributed by atoms with Crippen molar-refractivity contribution >= 4 is 23.2 Å². The molecule has 1 aromatic heterocycles. The number of carbonyl (C=O) groups is 2. The fourth-order valence-electron chi connectivity index (χ4n) is 2.49. The summed E-state index contributed by atoms with van der Waals surface area (Å²) in [6, 6.07) is 1.91. The van der Waals surface area contributed by atoms with E-state index in [4.69, 9.17) is 5.11 Å². The smallest absolute Gasteiger partial charge is 0.307 e. The average Bonchev–Trinajstić information content (AvgIpc) is 3.00. The van der Waals surface area contributed by atoms with Crippen molar-refractivity contribution in [3.8, 4) is 0 Å². The highest BCUT2D eigenvalue weighted by Gasteiger charge is 2.38. The minimum Gasteiger partial charge on any atom is -0.481 e. The first-order valence-corrected chi connectivity index (χ1v) is 7.09. The standard InChI is InChI=1S/C13H17NO3S/c1-8(9-5-6-18-7-9)14-12(15)10-3-2-4-11(10)13(16)17/h5-8,10-11H,2-4H2,1H3,(H,14,15)(H,16,17)/t8?,10-,11+/m1/s1. The molecule has 1 unspecified atom stereocenters. The van der Waals surface area contributed by atoms with Crippen molar-refractivity contribution in [3.63, 3.8) is 0 Å². The third-order valence-corrected chi connectivity index (χ3v) is 4.27. The first-order valence-electron chi connectivity index (χ1n) is 6.15. The van der Waals surface area contributed by atoms with Crippen molar-refractivity contribution in [2.75, 3.05) is 0 Å². The van der Waals surface area contributed by atoms with Gasteiger partial charge < -0.3 is 10.4 Å². The Morgan fingerprint density at radius 1 is 1.44 bits per heavy atom. The Balaban J connectivity index is 1.97. The Morgan fingerprint density at radius 2 is 2.17 bits per heavy atom. The van der Waals surface area contributed by atoms with Crippen LogP contribution in [0.4, 0.5) is 0 Å². The lowest BCUT2D eigenvalue weighted by Crippen LogP contribution is -2.36. The highest BCUT2D eigenvalue weighted by Crippen LogP contribution is 2.32. The van der Waals surface area contributed by atoms with E-state index in [9.17, 15) is 9.59 Å². The van der Waals surface area contributed by atoms with Crippen LogP contribution in [-0.2, 0) is 9.59 Å². The molecule has 98 valence electrons. The largest absolute Gasteiger partial charge is 0.481 e. The molecule has 18 heavy (non-hydrogen) atoms. The fraction of sp³-hybridized carbons (Fsp3) is 0.538. The predicted octanol–water partition coefficient (Wildman–Crippen LogP) is 2.43. The number of thiophene rings is 1. The van der Waals surface area contributed by atoms with Crippen LogP contribution in [0.1, 0.15) is 37.8 Å². The second-order valence-corrected chi connectivity index (χ2v) is 5.55. The Labute approximate surface area is 110 Å². The van der Waals surface area contributed by atoms with Gasteiger partial charge in [0, 0.05) is 0 Å². The lowest BCUT2D eigenvalue weighted by molar-refractivity contribution is -0.146. The summed E-state index contributed by atoms with van der Waals surface area (Å²) in [5.41, 5.74) is 1.07. The fourth-order valence-corrected chi connectivity index (χ4v) is 3.25. The van der Waals surface area contributed by atoms with E-state index in [1.165, 1.54) is 0 Å². The zero-order valence-electron chi connectivity index (χ0n) is 10.3. The molecule has 0 radical (unpaired) electrons. The summed E-state index contributed by atoms with van der Waals surface area (Å²) in [6.07, 6.45) is 2.11. The minimum absolute atomic E-state index is 0.0567. The van der Waals surface area contributed by atoms with Crippen molar-refractivity contribution in [2.24, 2.45) is 11.8 Å². The van der Waals surface area contributed by atoms with Gasteiger partial charge in [-0.1, -0.05) is 6.42 Å². The van der Waals surface area contributed by atoms with E-state index in [1.807, 2.05) is 23.8 Å². The zero-order valence-corrected chi connectivity index (χ0v) is 11.1. The minimum atomic E-state index is -0.851. The quantitative estimate of drug-likeness (QED) is 0.880. The lowest BCUT2D eigenvalue weighted by atomic mass is 9.95. The summed E-state index contributed by atoms with van der Waals surface area (Å²) >= 11 is 1.59. The van der Waals surface area contributed by atoms with E-state index in [0.717, 1.165) is 12.0 Å². The van der Waals surface area contributed by atoms with Gasteiger partial charge in [0.2, 0.25) is 5.91 Å². The van der Waals surface area contributed by atoms with Crippen LogP contribution in [0.2, 0.25) is 0 Å². The van der Waals surface area contributed by atoms with Crippen molar-refractivity contribution < 1.29 is 14.7 Å². The van der Waals surface area contributed by atoms with E-state index in [1.54, 1.807) is 11.3 Å². The summed E-state index contributed by atoms with van der Waals surface area (Å²) in [5.74, 6) is -1.86. The molecule has 1 aliphatic rings. The molecule has 0 aliphatic heterocycles. The highest BCUT2D eigenvalue weighted by atomic mass is 32.1. The molecular formula is C13H17NO3S. The molecule has 0 bridgehead atoms. The van der Waals surface area contributed by atoms with Crippen LogP contribution in [-0.4, -0.2) is 17.0 Å². The van der Waals surface area contributed by atoms with Crippen LogP contribution >= 0.6 is 11.3 Å². The number of amides is 1. The number of aliphatic carboxylic acids is 1. The van der Waals surface area contributed by atoms with Gasteiger partial charge in [0.25, 0.3) is 0 Å². The van der Waals surface area contributed by atoms with Crippen LogP contribution in [0.25, 0.3) is 0 Å². The van der Waals surface area contributed by atoms with Gasteiger partial charge in [-0.2, -0.15) is 11.3 Å². The maximum atomic E-state index is 12.1. The molecule has 0 aromatic carbocycles. The van der Waals surface area contributed by atoms with Crippen molar-refractivity contribution in [1.82, 2.24) is 5.32 Å². The number of carbonyl (C=O) groups excluding carboxylic acids is 1. The van der Waals surface area contributed by atoms with Gasteiger partial charge >= 0.3 is 5.97 Å². The first-order chi connectivity index (χ1) is 8.59. The van der Waals surface area contributed by atoms with Crippen LogP contribution < -0.4 is 5.32 Å². The summed E-state index contributed by atoms with van der Waals surface area (Å²) in [4.78, 5) is 23.1. The molecule has 1 heterocycles. The summed E-state index contributed by atoms with van der Waals surface area (Å²) in [6.45, 7) is 1.92. The zero-order chi connectivity index (χ0) is 13.1. The molecule has 2 rings (SSSR count). The van der Waals surface area contributed by atoms with Gasteiger partial charge in [0.15, 0.2) is 0 Å². The van der Waals surface area contributed by atoms with E-state index < -0.39 is 11.9 Å². The van der Waals surface area contributed by atoms with E-state index in [2.05, 4.69) is 5.32 Å². The topological polar surface area (TPSA) is 66.4 Å². The van der Waals surface area contributed by atoms with Crippen molar-refractivity contribution in [3.05, 3.63) is 22.4 Å². The number of nitrogens with one attached hydrogen (secondary N) is 1. The molecule has 1 aliphatic carbocycles. The Bertz CT molecular complexity index is 429. The SMILES string of the molecule is CC(NC(=O)[C@@H]1CCC[C@@H]1C(=O)O)c1ccsc1. The summed E-state index contributed by atoms with van der Waals surface area (Å²) < 4.78 is 0. The van der Waals surface area contributed by atoms with Crippen LogP contribution in [0.15, 0.2) is 16.8 Å². The van der Waals surface area contributed by atoms with E-state index >= 15 is 0 Å². The monoisotopic (exact) mass is 267 g/mol. The number of hydrogen-bond donors (Lipinski definition) is 2. The molecule has 1 aromatic rings. The van der Waals surface area contributed by atoms with E-state index in [0.29, 0.717) is 12.8 Å². The third kappa shape index (κ3) is 2.72. The molecule has 5 heteroatoms. The second-order valence-electron chi connectivity index (χ2n) is 4.77. The van der Waals surface area contributed by atoms with Gasteiger partial charge in [0.05, 0.1) is 17.9 Å². The molecule has 2 N–H and O–H groups in total. The number of carboxylic acid groups (broad SMARTS) is 1. The molecule has 0 saturated heterocycles. The summed E-state index contributed by atoms with van der Waals surface area (Å²) in [5, 5.41) is 15.9. The maximum Gasteiger partial charge on any atom is 0.307 e. The van der Waals surface area contributed by atoms with Crippen LogP contribution in [0.3, 0.4) is 0 Å². The van der Waals surface area contributed by atoms with Crippen LogP contribution in [0, 0.1) is 11.8 Å². The number of rotatable bonds is 4. The highest BCUT2D eigenvalue weighted by molar-refractivity contribution is 7.07. The van der Waals surface area contributed by atoms with Gasteiger partial charge in [-0.3, -0.25) is 9.59 Å². The first kappa shape index (κ1) is 13.1. The Kier molecular flexibility index (Phi) is 4.01. The molecule has 1 fully saturated rings. The normalized spacial score (nSPS) is 24.7. The average molecular weight is 267 g/mol. The molecule has 4 nitrogen and oxygen atoms in total. The molecular weight excluding hydrogens is 250 g/mol. The molecule has 3 atom stereocenters. The maximum absolute atomic E-state index is 12.1. The predicted molar refractivity (Wildman–Crippen MR) is 69.3 cm³/mol. The molecule has 1 amide bonds. The Morgan fingerprint density at radius 3 is 2.78 bits per heavy atom. The summed E-state index contributed by atoms with van der Waals surface area (Å²) in [7, 11) is 0. The van der Waals surface area contributed by atoms with Gasteiger partial charge in [-0.05, 0) is 42.2 Å². The molecule has 1 saturated carbocycles. The Hall–Kier alpha value is -1.36. The second kappa shape index (κ2) is 5.52. The van der Waals surface area contributed by atoms with Gasteiger partial charge in [0.1, 0.15) is 0 Å².